The molecule has 4 nitrogen and oxygen atoms in total. The average Bonchev–Trinajstić information content (AvgIpc) is 2.94. The maximum absolute atomic E-state index is 4.50. The number of thioether (sulfide) groups is 2. The number of aryl methyl sites for hydroxylation is 1. The largest absolute Gasteiger partial charge is 0.313 e. The van der Waals surface area contributed by atoms with Gasteiger partial charge in [0.25, 0.3) is 0 Å². The second kappa shape index (κ2) is 9.06. The van der Waals surface area contributed by atoms with Crippen LogP contribution in [0.25, 0.3) is 0 Å². The number of aromatic nitrogens is 3. The Kier molecular flexibility index (Phi) is 7.40. The number of likely N-dealkylation sites (N-methyl/N-ethyl adjacent to an activating group) is 1. The number of hydrogen-bond donors (Lipinski definition) is 1. The first kappa shape index (κ1) is 17.2. The van der Waals surface area contributed by atoms with E-state index in [0.29, 0.717) is 11.3 Å². The lowest BCUT2D eigenvalue weighted by atomic mass is 10.0. The van der Waals surface area contributed by atoms with Gasteiger partial charge in [-0.05, 0) is 19.4 Å². The van der Waals surface area contributed by atoms with Crippen LogP contribution < -0.4 is 5.32 Å². The summed E-state index contributed by atoms with van der Waals surface area (Å²) in [7, 11) is 0. The van der Waals surface area contributed by atoms with Crippen molar-refractivity contribution in [2.45, 2.75) is 63.1 Å². The SMILES string of the molecule is CCCn1ncnc1CC(NCC)C1SCCSC1CC. The highest BCUT2D eigenvalue weighted by atomic mass is 32.2. The van der Waals surface area contributed by atoms with Gasteiger partial charge in [-0.1, -0.05) is 20.8 Å². The Bertz CT molecular complexity index is 410. The van der Waals surface area contributed by atoms with Crippen LogP contribution in [0.1, 0.15) is 39.4 Å². The molecule has 1 aliphatic rings. The molecule has 0 saturated carbocycles. The van der Waals surface area contributed by atoms with Crippen LogP contribution in [0.4, 0.5) is 0 Å². The molecule has 1 saturated heterocycles. The fourth-order valence-electron chi connectivity index (χ4n) is 2.92. The summed E-state index contributed by atoms with van der Waals surface area (Å²) in [5.74, 6) is 3.70. The van der Waals surface area contributed by atoms with E-state index in [1.807, 2.05) is 0 Å². The minimum atomic E-state index is 0.498. The summed E-state index contributed by atoms with van der Waals surface area (Å²) < 4.78 is 2.08. The lowest BCUT2D eigenvalue weighted by Gasteiger charge is -2.36. The van der Waals surface area contributed by atoms with Crippen LogP contribution in [-0.2, 0) is 13.0 Å². The van der Waals surface area contributed by atoms with E-state index < -0.39 is 0 Å². The van der Waals surface area contributed by atoms with E-state index in [2.05, 4.69) is 64.4 Å². The van der Waals surface area contributed by atoms with Crippen LogP contribution in [0.15, 0.2) is 6.33 Å². The number of rotatable bonds is 8. The third-order valence-electron chi connectivity index (χ3n) is 3.89. The first-order valence-electron chi connectivity index (χ1n) is 8.13. The molecular formula is C15H28N4S2. The van der Waals surface area contributed by atoms with Gasteiger partial charge in [-0.3, -0.25) is 4.68 Å². The molecule has 1 aromatic heterocycles. The van der Waals surface area contributed by atoms with Crippen molar-refractivity contribution in [3.63, 3.8) is 0 Å². The smallest absolute Gasteiger partial charge is 0.138 e. The van der Waals surface area contributed by atoms with Gasteiger partial charge in [0.2, 0.25) is 0 Å². The van der Waals surface area contributed by atoms with Crippen molar-refractivity contribution in [2.75, 3.05) is 18.1 Å². The van der Waals surface area contributed by atoms with Crippen molar-refractivity contribution in [1.29, 1.82) is 0 Å². The summed E-state index contributed by atoms with van der Waals surface area (Å²) in [6, 6.07) is 0.498. The first-order valence-corrected chi connectivity index (χ1v) is 10.2. The molecule has 6 heteroatoms. The molecule has 120 valence electrons. The van der Waals surface area contributed by atoms with Gasteiger partial charge in [-0.2, -0.15) is 28.6 Å². The third-order valence-corrected chi connectivity index (χ3v) is 7.30. The second-order valence-electron chi connectivity index (χ2n) is 5.42. The van der Waals surface area contributed by atoms with Gasteiger partial charge in [-0.15, -0.1) is 0 Å². The van der Waals surface area contributed by atoms with Crippen LogP contribution in [0.2, 0.25) is 0 Å². The molecule has 2 heterocycles. The quantitative estimate of drug-likeness (QED) is 0.795. The summed E-state index contributed by atoms with van der Waals surface area (Å²) in [6.07, 6.45) is 5.05. The third kappa shape index (κ3) is 4.63. The van der Waals surface area contributed by atoms with Gasteiger partial charge in [0, 0.05) is 41.0 Å². The normalized spacial score (nSPS) is 24.1. The predicted octanol–water partition coefficient (Wildman–Crippen LogP) is 2.84. The molecule has 0 radical (unpaired) electrons. The van der Waals surface area contributed by atoms with E-state index in [4.69, 9.17) is 0 Å². The average molecular weight is 329 g/mol. The Labute approximate surface area is 137 Å². The van der Waals surface area contributed by atoms with Gasteiger partial charge < -0.3 is 5.32 Å². The van der Waals surface area contributed by atoms with E-state index in [1.165, 1.54) is 17.9 Å². The molecule has 1 aromatic rings. The Morgan fingerprint density at radius 3 is 2.86 bits per heavy atom. The molecule has 3 unspecified atom stereocenters. The minimum absolute atomic E-state index is 0.498. The zero-order valence-corrected chi connectivity index (χ0v) is 15.1. The summed E-state index contributed by atoms with van der Waals surface area (Å²) in [5.41, 5.74) is 0. The van der Waals surface area contributed by atoms with Crippen LogP contribution in [0.3, 0.4) is 0 Å². The summed E-state index contributed by atoms with van der Waals surface area (Å²) in [4.78, 5) is 4.50. The standard InChI is InChI=1S/C15H28N4S2/c1-4-7-19-14(17-11-18-19)10-12(16-6-3)15-13(5-2)20-8-9-21-15/h11-13,15-16H,4-10H2,1-3H3. The number of hydrogen-bond acceptors (Lipinski definition) is 5. The molecule has 0 bridgehead atoms. The zero-order valence-electron chi connectivity index (χ0n) is 13.4. The van der Waals surface area contributed by atoms with Crippen molar-refractivity contribution in [1.82, 2.24) is 20.1 Å². The molecule has 0 aromatic carbocycles. The monoisotopic (exact) mass is 328 g/mol. The van der Waals surface area contributed by atoms with Gasteiger partial charge in [0.05, 0.1) is 0 Å². The summed E-state index contributed by atoms with van der Waals surface area (Å²) >= 11 is 4.29. The summed E-state index contributed by atoms with van der Waals surface area (Å²) in [6.45, 7) is 8.70. The van der Waals surface area contributed by atoms with E-state index >= 15 is 0 Å². The fraction of sp³-hybridized carbons (Fsp3) is 0.867. The molecule has 1 aliphatic heterocycles. The van der Waals surface area contributed by atoms with Crippen LogP contribution in [0, 0.1) is 0 Å². The number of nitrogens with one attached hydrogen (secondary N) is 1. The van der Waals surface area contributed by atoms with Crippen LogP contribution in [0.5, 0.6) is 0 Å². The maximum atomic E-state index is 4.50. The maximum Gasteiger partial charge on any atom is 0.138 e. The molecule has 2 rings (SSSR count). The van der Waals surface area contributed by atoms with E-state index in [9.17, 15) is 0 Å². The minimum Gasteiger partial charge on any atom is -0.313 e. The Balaban J connectivity index is 2.08. The van der Waals surface area contributed by atoms with Crippen molar-refractivity contribution in [2.24, 2.45) is 0 Å². The van der Waals surface area contributed by atoms with Crippen LogP contribution in [-0.4, -0.2) is 49.4 Å². The zero-order chi connectivity index (χ0) is 15.1. The Morgan fingerprint density at radius 1 is 1.33 bits per heavy atom. The predicted molar refractivity (Wildman–Crippen MR) is 94.3 cm³/mol. The van der Waals surface area contributed by atoms with E-state index in [-0.39, 0.29) is 0 Å². The van der Waals surface area contributed by atoms with Crippen molar-refractivity contribution >= 4 is 23.5 Å². The molecule has 0 spiro atoms. The summed E-state index contributed by atoms with van der Waals surface area (Å²) in [5, 5.41) is 9.52. The Morgan fingerprint density at radius 2 is 2.14 bits per heavy atom. The van der Waals surface area contributed by atoms with Gasteiger partial charge in [-0.25, -0.2) is 4.98 Å². The highest BCUT2D eigenvalue weighted by Crippen LogP contribution is 2.35. The molecule has 3 atom stereocenters. The number of nitrogens with zero attached hydrogens (tertiary/aromatic N) is 3. The van der Waals surface area contributed by atoms with Gasteiger partial charge >= 0.3 is 0 Å². The van der Waals surface area contributed by atoms with Crippen molar-refractivity contribution in [3.05, 3.63) is 12.2 Å². The first-order chi connectivity index (χ1) is 10.3. The van der Waals surface area contributed by atoms with Crippen LogP contribution >= 0.6 is 23.5 Å². The van der Waals surface area contributed by atoms with Gasteiger partial charge in [0.15, 0.2) is 0 Å². The van der Waals surface area contributed by atoms with Crippen molar-refractivity contribution in [3.8, 4) is 0 Å². The lowest BCUT2D eigenvalue weighted by molar-refractivity contribution is 0.461. The van der Waals surface area contributed by atoms with Gasteiger partial charge in [0.1, 0.15) is 12.2 Å². The van der Waals surface area contributed by atoms with E-state index in [1.54, 1.807) is 6.33 Å². The fourth-order valence-corrected chi connectivity index (χ4v) is 6.18. The second-order valence-corrected chi connectivity index (χ2v) is 8.05. The molecule has 1 fully saturated rings. The highest BCUT2D eigenvalue weighted by Gasteiger charge is 2.32. The molecule has 1 N–H and O–H groups in total. The van der Waals surface area contributed by atoms with E-state index in [0.717, 1.165) is 37.0 Å². The molecule has 21 heavy (non-hydrogen) atoms. The molecule has 0 amide bonds. The Hall–Kier alpha value is -0.200. The topological polar surface area (TPSA) is 42.7 Å². The molecular weight excluding hydrogens is 300 g/mol. The lowest BCUT2D eigenvalue weighted by Crippen LogP contribution is -2.46. The highest BCUT2D eigenvalue weighted by molar-refractivity contribution is 8.07. The molecule has 0 aliphatic carbocycles. The van der Waals surface area contributed by atoms with Crippen molar-refractivity contribution < 1.29 is 0 Å².